The molecule has 0 aliphatic rings. The van der Waals surface area contributed by atoms with Gasteiger partial charge in [0.05, 0.1) is 16.7 Å². The van der Waals surface area contributed by atoms with Crippen molar-refractivity contribution in [1.29, 1.82) is 0 Å². The third kappa shape index (κ3) is 2.82. The molecule has 26 heavy (non-hydrogen) atoms. The van der Waals surface area contributed by atoms with Gasteiger partial charge in [-0.1, -0.05) is 18.2 Å². The van der Waals surface area contributed by atoms with Gasteiger partial charge in [-0.25, -0.2) is 14.9 Å². The summed E-state index contributed by atoms with van der Waals surface area (Å²) < 4.78 is 13.8. The molecule has 3 N–H and O–H groups in total. The SMILES string of the molecule is O=C(NO)c1ccc(Nc2c3ccccc3nc3ccc(F)cc23)cc1. The van der Waals surface area contributed by atoms with Crippen molar-refractivity contribution in [2.45, 2.75) is 0 Å². The average molecular weight is 347 g/mol. The fourth-order valence-electron chi connectivity index (χ4n) is 2.91. The zero-order valence-corrected chi connectivity index (χ0v) is 13.5. The molecule has 5 nitrogen and oxygen atoms in total. The maximum Gasteiger partial charge on any atom is 0.274 e. The van der Waals surface area contributed by atoms with Crippen LogP contribution < -0.4 is 10.8 Å². The molecule has 0 spiro atoms. The molecule has 4 rings (SSSR count). The summed E-state index contributed by atoms with van der Waals surface area (Å²) in [6.07, 6.45) is 0. The zero-order valence-electron chi connectivity index (χ0n) is 13.5. The number of nitrogens with zero attached hydrogens (tertiary/aromatic N) is 1. The molecule has 0 fully saturated rings. The lowest BCUT2D eigenvalue weighted by Crippen LogP contribution is -2.18. The van der Waals surface area contributed by atoms with Crippen LogP contribution in [0.1, 0.15) is 10.4 Å². The Kier molecular flexibility index (Phi) is 3.95. The number of hydrogen-bond donors (Lipinski definition) is 3. The highest BCUT2D eigenvalue weighted by Gasteiger charge is 2.11. The fourth-order valence-corrected chi connectivity index (χ4v) is 2.91. The quantitative estimate of drug-likeness (QED) is 0.292. The number of halogens is 1. The molecule has 128 valence electrons. The maximum atomic E-state index is 13.8. The largest absolute Gasteiger partial charge is 0.354 e. The van der Waals surface area contributed by atoms with Crippen molar-refractivity contribution in [2.24, 2.45) is 0 Å². The van der Waals surface area contributed by atoms with Crippen LogP contribution in [0.2, 0.25) is 0 Å². The molecule has 0 aliphatic heterocycles. The van der Waals surface area contributed by atoms with Gasteiger partial charge < -0.3 is 5.32 Å². The number of hydrogen-bond acceptors (Lipinski definition) is 4. The Morgan fingerprint density at radius 3 is 2.42 bits per heavy atom. The van der Waals surface area contributed by atoms with E-state index in [1.54, 1.807) is 35.8 Å². The lowest BCUT2D eigenvalue weighted by Gasteiger charge is -2.13. The molecular formula is C20H14FN3O2. The Morgan fingerprint density at radius 2 is 1.65 bits per heavy atom. The van der Waals surface area contributed by atoms with Gasteiger partial charge in [0, 0.05) is 22.0 Å². The van der Waals surface area contributed by atoms with Gasteiger partial charge in [0.25, 0.3) is 5.91 Å². The number of fused-ring (bicyclic) bond motifs is 2. The summed E-state index contributed by atoms with van der Waals surface area (Å²) in [4.78, 5) is 16.0. The van der Waals surface area contributed by atoms with Gasteiger partial charge in [-0.3, -0.25) is 10.0 Å². The second kappa shape index (κ2) is 6.42. The normalized spacial score (nSPS) is 10.8. The van der Waals surface area contributed by atoms with Gasteiger partial charge in [0.2, 0.25) is 0 Å². The molecule has 0 saturated carbocycles. The third-order valence-electron chi connectivity index (χ3n) is 4.16. The van der Waals surface area contributed by atoms with E-state index in [-0.39, 0.29) is 5.82 Å². The van der Waals surface area contributed by atoms with Gasteiger partial charge in [-0.2, -0.15) is 0 Å². The predicted molar refractivity (Wildman–Crippen MR) is 98.2 cm³/mol. The third-order valence-corrected chi connectivity index (χ3v) is 4.16. The predicted octanol–water partition coefficient (Wildman–Crippen LogP) is 4.39. The minimum atomic E-state index is -0.585. The molecule has 1 aromatic heterocycles. The van der Waals surface area contributed by atoms with Crippen molar-refractivity contribution in [3.63, 3.8) is 0 Å². The van der Waals surface area contributed by atoms with Crippen LogP contribution >= 0.6 is 0 Å². The number of pyridine rings is 1. The molecule has 0 saturated heterocycles. The summed E-state index contributed by atoms with van der Waals surface area (Å²) in [6, 6.07) is 18.7. The molecule has 6 heteroatoms. The van der Waals surface area contributed by atoms with Crippen molar-refractivity contribution in [3.8, 4) is 0 Å². The summed E-state index contributed by atoms with van der Waals surface area (Å²) >= 11 is 0. The van der Waals surface area contributed by atoms with Crippen LogP contribution in [0.3, 0.4) is 0 Å². The molecule has 0 bridgehead atoms. The van der Waals surface area contributed by atoms with Crippen molar-refractivity contribution in [3.05, 3.63) is 78.1 Å². The minimum Gasteiger partial charge on any atom is -0.354 e. The highest BCUT2D eigenvalue weighted by molar-refractivity contribution is 6.08. The maximum absolute atomic E-state index is 13.8. The highest BCUT2D eigenvalue weighted by atomic mass is 19.1. The minimum absolute atomic E-state index is 0.327. The first kappa shape index (κ1) is 16.0. The molecule has 4 aromatic rings. The second-order valence-corrected chi connectivity index (χ2v) is 5.81. The summed E-state index contributed by atoms with van der Waals surface area (Å²) in [5.41, 5.74) is 4.87. The summed E-state index contributed by atoms with van der Waals surface area (Å²) in [5.74, 6) is -0.925. The van der Waals surface area contributed by atoms with Crippen LogP contribution in [0.25, 0.3) is 21.8 Å². The highest BCUT2D eigenvalue weighted by Crippen LogP contribution is 2.33. The van der Waals surface area contributed by atoms with Crippen LogP contribution in [0, 0.1) is 5.82 Å². The lowest BCUT2D eigenvalue weighted by molar-refractivity contribution is 0.0706. The average Bonchev–Trinajstić information content (AvgIpc) is 2.68. The van der Waals surface area contributed by atoms with E-state index in [1.807, 2.05) is 24.3 Å². The number of hydroxylamine groups is 1. The Hall–Kier alpha value is -3.51. The van der Waals surface area contributed by atoms with Crippen LogP contribution in [-0.4, -0.2) is 16.1 Å². The number of rotatable bonds is 3. The number of anilines is 2. The van der Waals surface area contributed by atoms with E-state index in [1.165, 1.54) is 12.1 Å². The Bertz CT molecular complexity index is 1130. The summed E-state index contributed by atoms with van der Waals surface area (Å²) in [6.45, 7) is 0. The second-order valence-electron chi connectivity index (χ2n) is 5.81. The van der Waals surface area contributed by atoms with Crippen LogP contribution in [0.4, 0.5) is 15.8 Å². The summed E-state index contributed by atoms with van der Waals surface area (Å²) in [5, 5.41) is 13.5. The number of aromatic nitrogens is 1. The zero-order chi connectivity index (χ0) is 18.1. The van der Waals surface area contributed by atoms with Crippen molar-refractivity contribution < 1.29 is 14.4 Å². The van der Waals surface area contributed by atoms with Gasteiger partial charge in [-0.05, 0) is 48.5 Å². The fraction of sp³-hybridized carbons (Fsp3) is 0. The number of carbonyl (C=O) groups excluding carboxylic acids is 1. The monoisotopic (exact) mass is 347 g/mol. The van der Waals surface area contributed by atoms with Gasteiger partial charge >= 0.3 is 0 Å². The van der Waals surface area contributed by atoms with E-state index in [2.05, 4.69) is 10.3 Å². The first-order valence-corrected chi connectivity index (χ1v) is 7.95. The first-order chi connectivity index (χ1) is 12.7. The number of para-hydroxylation sites is 1. The van der Waals surface area contributed by atoms with Crippen LogP contribution in [0.5, 0.6) is 0 Å². The molecular weight excluding hydrogens is 333 g/mol. The van der Waals surface area contributed by atoms with E-state index in [0.717, 1.165) is 22.3 Å². The smallest absolute Gasteiger partial charge is 0.274 e. The molecule has 1 amide bonds. The molecule has 0 radical (unpaired) electrons. The molecule has 3 aromatic carbocycles. The number of amides is 1. The van der Waals surface area contributed by atoms with E-state index >= 15 is 0 Å². The Labute approximate surface area is 148 Å². The Morgan fingerprint density at radius 1 is 0.923 bits per heavy atom. The van der Waals surface area contributed by atoms with Gasteiger partial charge in [-0.15, -0.1) is 0 Å². The number of nitrogens with one attached hydrogen (secondary N) is 2. The van der Waals surface area contributed by atoms with Crippen LogP contribution in [-0.2, 0) is 0 Å². The number of benzene rings is 3. The molecule has 0 atom stereocenters. The Balaban J connectivity index is 1.86. The topological polar surface area (TPSA) is 74.2 Å². The van der Waals surface area contributed by atoms with Crippen LogP contribution in [0.15, 0.2) is 66.7 Å². The molecule has 0 unspecified atom stereocenters. The van der Waals surface area contributed by atoms with E-state index in [4.69, 9.17) is 5.21 Å². The molecule has 1 heterocycles. The van der Waals surface area contributed by atoms with E-state index < -0.39 is 5.91 Å². The standard InChI is InChI=1S/C20H14FN3O2/c21-13-7-10-18-16(11-13)19(15-3-1-2-4-17(15)23-18)22-14-8-5-12(6-9-14)20(25)24-26/h1-11,26H,(H,22,23)(H,24,25). The summed E-state index contributed by atoms with van der Waals surface area (Å²) in [7, 11) is 0. The van der Waals surface area contributed by atoms with E-state index in [0.29, 0.717) is 16.5 Å². The first-order valence-electron chi connectivity index (χ1n) is 7.95. The van der Waals surface area contributed by atoms with Gasteiger partial charge in [0.1, 0.15) is 5.82 Å². The van der Waals surface area contributed by atoms with E-state index in [9.17, 15) is 9.18 Å². The van der Waals surface area contributed by atoms with Crippen molar-refractivity contribution >= 4 is 39.1 Å². The van der Waals surface area contributed by atoms with Crippen molar-refractivity contribution in [1.82, 2.24) is 10.5 Å². The number of carbonyl (C=O) groups is 1. The van der Waals surface area contributed by atoms with Gasteiger partial charge in [0.15, 0.2) is 0 Å². The lowest BCUT2D eigenvalue weighted by atomic mass is 10.1. The van der Waals surface area contributed by atoms with Crippen molar-refractivity contribution in [2.75, 3.05) is 5.32 Å². The molecule has 0 aliphatic carbocycles.